The Morgan fingerprint density at radius 2 is 2.17 bits per heavy atom. The summed E-state index contributed by atoms with van der Waals surface area (Å²) < 4.78 is 5.39. The number of hydrogen-bond acceptors (Lipinski definition) is 3. The van der Waals surface area contributed by atoms with Crippen LogP contribution in [0.25, 0.3) is 0 Å². The van der Waals surface area contributed by atoms with Gasteiger partial charge in [-0.25, -0.2) is 0 Å². The molecule has 0 fully saturated rings. The molecule has 1 unspecified atom stereocenters. The van der Waals surface area contributed by atoms with E-state index in [0.717, 1.165) is 37.9 Å². The molecule has 3 nitrogen and oxygen atoms in total. The van der Waals surface area contributed by atoms with Crippen LogP contribution in [0.4, 0.5) is 0 Å². The Bertz CT molecular complexity index is 285. The molecule has 0 saturated heterocycles. The van der Waals surface area contributed by atoms with Crippen molar-refractivity contribution in [1.82, 2.24) is 4.90 Å². The Balaban J connectivity index is 2.22. The van der Waals surface area contributed by atoms with Gasteiger partial charge in [-0.2, -0.15) is 0 Å². The van der Waals surface area contributed by atoms with Crippen LogP contribution in [0.15, 0.2) is 22.8 Å². The van der Waals surface area contributed by atoms with Crippen LogP contribution >= 0.6 is 0 Å². The first-order valence-corrected chi connectivity index (χ1v) is 7.24. The van der Waals surface area contributed by atoms with E-state index in [4.69, 9.17) is 10.2 Å². The predicted molar refractivity (Wildman–Crippen MR) is 76.3 cm³/mol. The summed E-state index contributed by atoms with van der Waals surface area (Å²) in [4.78, 5) is 2.44. The topological polar surface area (TPSA) is 42.4 Å². The van der Waals surface area contributed by atoms with Crippen molar-refractivity contribution in [1.29, 1.82) is 0 Å². The minimum atomic E-state index is 0.803. The van der Waals surface area contributed by atoms with Gasteiger partial charge in [0.25, 0.3) is 0 Å². The lowest BCUT2D eigenvalue weighted by atomic mass is 9.96. The van der Waals surface area contributed by atoms with Crippen molar-refractivity contribution in [3.63, 3.8) is 0 Å². The minimum absolute atomic E-state index is 0.803. The minimum Gasteiger partial charge on any atom is -0.468 e. The van der Waals surface area contributed by atoms with E-state index in [0.29, 0.717) is 0 Å². The zero-order valence-corrected chi connectivity index (χ0v) is 11.9. The molecule has 3 heteroatoms. The van der Waals surface area contributed by atoms with Gasteiger partial charge in [-0.15, -0.1) is 0 Å². The fraction of sp³-hybridized carbons (Fsp3) is 0.733. The van der Waals surface area contributed by atoms with E-state index in [1.807, 2.05) is 12.1 Å². The molecule has 0 aliphatic carbocycles. The van der Waals surface area contributed by atoms with Crippen LogP contribution in [-0.2, 0) is 6.54 Å². The Kier molecular flexibility index (Phi) is 7.78. The van der Waals surface area contributed by atoms with E-state index in [2.05, 4.69) is 18.7 Å². The van der Waals surface area contributed by atoms with Gasteiger partial charge in [-0.1, -0.05) is 20.3 Å². The number of hydrogen-bond donors (Lipinski definition) is 1. The van der Waals surface area contributed by atoms with Gasteiger partial charge in [0, 0.05) is 0 Å². The summed E-state index contributed by atoms with van der Waals surface area (Å²) in [5, 5.41) is 0. The maximum absolute atomic E-state index is 5.63. The van der Waals surface area contributed by atoms with Crippen LogP contribution in [0, 0.1) is 5.92 Å². The highest BCUT2D eigenvalue weighted by Crippen LogP contribution is 2.15. The second-order valence-corrected chi connectivity index (χ2v) is 4.94. The van der Waals surface area contributed by atoms with Crippen molar-refractivity contribution in [3.05, 3.63) is 24.2 Å². The molecular formula is C15H28N2O. The molecule has 104 valence electrons. The average molecular weight is 252 g/mol. The van der Waals surface area contributed by atoms with E-state index >= 15 is 0 Å². The van der Waals surface area contributed by atoms with Gasteiger partial charge >= 0.3 is 0 Å². The van der Waals surface area contributed by atoms with Gasteiger partial charge < -0.3 is 10.2 Å². The van der Waals surface area contributed by atoms with Crippen LogP contribution in [0.5, 0.6) is 0 Å². The molecule has 0 radical (unpaired) electrons. The molecule has 0 aromatic carbocycles. The third-order valence-electron chi connectivity index (χ3n) is 3.65. The monoisotopic (exact) mass is 252 g/mol. The quantitative estimate of drug-likeness (QED) is 0.695. The molecule has 1 aromatic rings. The largest absolute Gasteiger partial charge is 0.468 e. The third-order valence-corrected chi connectivity index (χ3v) is 3.65. The second-order valence-electron chi connectivity index (χ2n) is 4.94. The first-order chi connectivity index (χ1) is 8.80. The Hall–Kier alpha value is -0.800. The zero-order chi connectivity index (χ0) is 13.2. The van der Waals surface area contributed by atoms with E-state index in [-0.39, 0.29) is 0 Å². The summed E-state index contributed by atoms with van der Waals surface area (Å²) in [6.45, 7) is 8.45. The highest BCUT2D eigenvalue weighted by Gasteiger charge is 2.08. The van der Waals surface area contributed by atoms with Crippen molar-refractivity contribution >= 4 is 0 Å². The van der Waals surface area contributed by atoms with Gasteiger partial charge in [-0.3, -0.25) is 4.90 Å². The molecule has 0 aliphatic rings. The number of nitrogens with two attached hydrogens (primary N) is 1. The molecule has 2 N–H and O–H groups in total. The van der Waals surface area contributed by atoms with Gasteiger partial charge in [0.05, 0.1) is 12.8 Å². The van der Waals surface area contributed by atoms with Crippen LogP contribution in [0.1, 0.15) is 45.3 Å². The summed E-state index contributed by atoms with van der Waals surface area (Å²) in [6.07, 6.45) is 6.72. The maximum atomic E-state index is 5.63. The number of rotatable bonds is 10. The lowest BCUT2D eigenvalue weighted by Crippen LogP contribution is -2.24. The van der Waals surface area contributed by atoms with E-state index in [1.54, 1.807) is 6.26 Å². The molecule has 1 heterocycles. The maximum Gasteiger partial charge on any atom is 0.117 e. The highest BCUT2D eigenvalue weighted by molar-refractivity contribution is 4.97. The second kappa shape index (κ2) is 9.17. The lowest BCUT2D eigenvalue weighted by Gasteiger charge is -2.20. The summed E-state index contributed by atoms with van der Waals surface area (Å²) in [5.41, 5.74) is 5.63. The zero-order valence-electron chi connectivity index (χ0n) is 11.9. The number of nitrogens with zero attached hydrogens (tertiary/aromatic N) is 1. The van der Waals surface area contributed by atoms with Gasteiger partial charge in [0.15, 0.2) is 0 Å². The Labute approximate surface area is 111 Å². The van der Waals surface area contributed by atoms with Crippen molar-refractivity contribution in [3.8, 4) is 0 Å². The van der Waals surface area contributed by atoms with E-state index in [9.17, 15) is 0 Å². The molecule has 0 aliphatic heterocycles. The van der Waals surface area contributed by atoms with Crippen LogP contribution < -0.4 is 5.73 Å². The Morgan fingerprint density at radius 1 is 1.33 bits per heavy atom. The summed E-state index contributed by atoms with van der Waals surface area (Å²) in [7, 11) is 0. The smallest absolute Gasteiger partial charge is 0.117 e. The third kappa shape index (κ3) is 5.69. The van der Waals surface area contributed by atoms with Crippen LogP contribution in [-0.4, -0.2) is 24.5 Å². The molecule has 18 heavy (non-hydrogen) atoms. The fourth-order valence-corrected chi connectivity index (χ4v) is 2.36. The van der Waals surface area contributed by atoms with Crippen LogP contribution in [0.3, 0.4) is 0 Å². The fourth-order valence-electron chi connectivity index (χ4n) is 2.36. The molecule has 1 atom stereocenters. The van der Waals surface area contributed by atoms with Crippen molar-refractivity contribution in [2.24, 2.45) is 11.7 Å². The number of furan rings is 1. The highest BCUT2D eigenvalue weighted by atomic mass is 16.3. The standard InChI is InChI=1S/C15H28N2O/c1-3-14(9-10-16)7-5-11-17(4-2)13-15-8-6-12-18-15/h6,8,12,14H,3-5,7,9-11,13,16H2,1-2H3. The van der Waals surface area contributed by atoms with Gasteiger partial charge in [0.2, 0.25) is 0 Å². The van der Waals surface area contributed by atoms with Gasteiger partial charge in [-0.05, 0) is 56.9 Å². The van der Waals surface area contributed by atoms with Crippen molar-refractivity contribution in [2.75, 3.05) is 19.6 Å². The van der Waals surface area contributed by atoms with E-state index in [1.165, 1.54) is 25.7 Å². The Morgan fingerprint density at radius 3 is 2.72 bits per heavy atom. The molecule has 0 amide bonds. The van der Waals surface area contributed by atoms with E-state index < -0.39 is 0 Å². The molecule has 0 spiro atoms. The summed E-state index contributed by atoms with van der Waals surface area (Å²) in [6, 6.07) is 4.00. The SMILES string of the molecule is CCC(CCN)CCCN(CC)Cc1ccco1. The predicted octanol–water partition coefficient (Wildman–Crippen LogP) is 3.26. The first-order valence-electron chi connectivity index (χ1n) is 7.24. The first kappa shape index (κ1) is 15.3. The van der Waals surface area contributed by atoms with Gasteiger partial charge in [0.1, 0.15) is 5.76 Å². The van der Waals surface area contributed by atoms with Crippen LogP contribution in [0.2, 0.25) is 0 Å². The molecule has 0 saturated carbocycles. The molecule has 1 aromatic heterocycles. The van der Waals surface area contributed by atoms with Crippen molar-refractivity contribution < 1.29 is 4.42 Å². The molecular weight excluding hydrogens is 224 g/mol. The molecule has 1 rings (SSSR count). The average Bonchev–Trinajstić information content (AvgIpc) is 2.89. The lowest BCUT2D eigenvalue weighted by molar-refractivity contribution is 0.242. The summed E-state index contributed by atoms with van der Waals surface area (Å²) >= 11 is 0. The van der Waals surface area contributed by atoms with Crippen molar-refractivity contribution in [2.45, 2.75) is 46.1 Å². The molecule has 0 bridgehead atoms. The normalized spacial score (nSPS) is 13.1. The summed E-state index contributed by atoms with van der Waals surface area (Å²) in [5.74, 6) is 1.86.